The summed E-state index contributed by atoms with van der Waals surface area (Å²) in [5.74, 6) is -1.11. The molecule has 10 heteroatoms. The first kappa shape index (κ1) is 32.2. The zero-order valence-electron chi connectivity index (χ0n) is 26.0. The maximum atomic E-state index is 14.0. The van der Waals surface area contributed by atoms with E-state index in [9.17, 15) is 19.2 Å². The zero-order valence-corrected chi connectivity index (χ0v) is 26.0. The molecule has 240 valence electrons. The highest BCUT2D eigenvalue weighted by Crippen LogP contribution is 2.32. The molecule has 3 aromatic rings. The van der Waals surface area contributed by atoms with E-state index in [1.807, 2.05) is 42.5 Å². The van der Waals surface area contributed by atoms with E-state index in [0.717, 1.165) is 60.7 Å². The number of para-hydroxylation sites is 1. The fourth-order valence-corrected chi connectivity index (χ4v) is 6.35. The van der Waals surface area contributed by atoms with Gasteiger partial charge in [0.15, 0.2) is 6.04 Å². The number of aromatic amines is 1. The van der Waals surface area contributed by atoms with Crippen LogP contribution in [0.5, 0.6) is 0 Å². The molecular formula is C35H44N4O6. The van der Waals surface area contributed by atoms with Crippen LogP contribution in [0.2, 0.25) is 0 Å². The van der Waals surface area contributed by atoms with E-state index < -0.39 is 18.1 Å². The highest BCUT2D eigenvalue weighted by molar-refractivity contribution is 5.93. The first-order valence-corrected chi connectivity index (χ1v) is 16.3. The predicted molar refractivity (Wildman–Crippen MR) is 169 cm³/mol. The summed E-state index contributed by atoms with van der Waals surface area (Å²) in [6, 6.07) is 15.3. The standard InChI is InChI=1S/C35H44N4O6/c1-2-44-38-31(40)20-8-3-4-9-21-32(41)39-23-27-26-18-12-13-19-28(26)36-29(27)22-30(39)34(42)37-33(24-14-6-5-7-15-24)35(43)45-25-16-10-11-17-25/h5-7,12-15,18-19,25,30,33,36H,2-4,8-11,16-17,20-23H2,1H3,(H,37,42)(H,38,40)/t30-,33+/m1/s1. The molecule has 10 nitrogen and oxygen atoms in total. The van der Waals surface area contributed by atoms with Gasteiger partial charge in [-0.25, -0.2) is 10.3 Å². The van der Waals surface area contributed by atoms with Crippen molar-refractivity contribution in [3.63, 3.8) is 0 Å². The Balaban J connectivity index is 1.28. The number of nitrogens with zero attached hydrogens (tertiary/aromatic N) is 1. The fraction of sp³-hybridized carbons (Fsp3) is 0.486. The fourth-order valence-electron chi connectivity index (χ4n) is 6.35. The van der Waals surface area contributed by atoms with Crippen molar-refractivity contribution in [1.29, 1.82) is 0 Å². The van der Waals surface area contributed by atoms with Gasteiger partial charge in [0.2, 0.25) is 17.7 Å². The number of H-pyrrole nitrogens is 1. The summed E-state index contributed by atoms with van der Waals surface area (Å²) in [5, 5.41) is 4.00. The smallest absolute Gasteiger partial charge is 0.333 e. The number of benzene rings is 2. The molecule has 1 aliphatic heterocycles. The molecule has 0 radical (unpaired) electrons. The number of amides is 3. The minimum Gasteiger partial charge on any atom is -0.461 e. The van der Waals surface area contributed by atoms with Crippen molar-refractivity contribution in [1.82, 2.24) is 20.7 Å². The third-order valence-electron chi connectivity index (χ3n) is 8.74. The van der Waals surface area contributed by atoms with Gasteiger partial charge in [0.25, 0.3) is 0 Å². The van der Waals surface area contributed by atoms with Gasteiger partial charge in [0, 0.05) is 48.0 Å². The summed E-state index contributed by atoms with van der Waals surface area (Å²) in [7, 11) is 0. The molecule has 1 aliphatic carbocycles. The summed E-state index contributed by atoms with van der Waals surface area (Å²) >= 11 is 0. The number of ether oxygens (including phenoxy) is 1. The number of carbonyl (C=O) groups is 4. The molecule has 0 bridgehead atoms. The number of fused-ring (bicyclic) bond motifs is 3. The number of hydroxylamine groups is 1. The molecule has 2 atom stereocenters. The number of unbranched alkanes of at least 4 members (excludes halogenated alkanes) is 3. The summed E-state index contributed by atoms with van der Waals surface area (Å²) in [6.07, 6.45) is 7.50. The molecule has 1 saturated carbocycles. The van der Waals surface area contributed by atoms with Crippen molar-refractivity contribution < 1.29 is 28.8 Å². The van der Waals surface area contributed by atoms with Crippen LogP contribution in [0.1, 0.15) is 94.0 Å². The van der Waals surface area contributed by atoms with E-state index in [2.05, 4.69) is 15.8 Å². The van der Waals surface area contributed by atoms with Crippen molar-refractivity contribution in [2.24, 2.45) is 0 Å². The minimum absolute atomic E-state index is 0.107. The monoisotopic (exact) mass is 616 g/mol. The molecule has 0 unspecified atom stereocenters. The van der Waals surface area contributed by atoms with Gasteiger partial charge in [-0.3, -0.25) is 19.2 Å². The van der Waals surface area contributed by atoms with Crippen molar-refractivity contribution in [2.45, 2.75) is 102 Å². The van der Waals surface area contributed by atoms with Gasteiger partial charge in [-0.15, -0.1) is 0 Å². The lowest BCUT2D eigenvalue weighted by Crippen LogP contribution is -2.53. The molecule has 2 aromatic carbocycles. The second kappa shape index (κ2) is 15.7. The Morgan fingerprint density at radius 2 is 1.64 bits per heavy atom. The topological polar surface area (TPSA) is 130 Å². The van der Waals surface area contributed by atoms with E-state index in [4.69, 9.17) is 9.57 Å². The quantitative estimate of drug-likeness (QED) is 0.130. The van der Waals surface area contributed by atoms with Crippen LogP contribution >= 0.6 is 0 Å². The SMILES string of the molecule is CCONC(=O)CCCCCCC(=O)N1Cc2c([nH]c3ccccc23)C[C@@H]1C(=O)N[C@H](C(=O)OC1CCCC1)c1ccccc1. The summed E-state index contributed by atoms with van der Waals surface area (Å²) < 4.78 is 5.83. The lowest BCUT2D eigenvalue weighted by molar-refractivity contribution is -0.154. The molecule has 45 heavy (non-hydrogen) atoms. The van der Waals surface area contributed by atoms with Crippen LogP contribution in [0.4, 0.5) is 0 Å². The molecular weight excluding hydrogens is 572 g/mol. The summed E-state index contributed by atoms with van der Waals surface area (Å²) in [6.45, 7) is 2.53. The van der Waals surface area contributed by atoms with Gasteiger partial charge in [-0.2, -0.15) is 0 Å². The zero-order chi connectivity index (χ0) is 31.6. The average molecular weight is 617 g/mol. The molecule has 3 N–H and O–H groups in total. The summed E-state index contributed by atoms with van der Waals surface area (Å²) in [5.41, 5.74) is 5.95. The first-order valence-electron chi connectivity index (χ1n) is 16.3. The van der Waals surface area contributed by atoms with Crippen LogP contribution < -0.4 is 10.8 Å². The van der Waals surface area contributed by atoms with Gasteiger partial charge < -0.3 is 19.9 Å². The average Bonchev–Trinajstić information content (AvgIpc) is 3.71. The second-order valence-electron chi connectivity index (χ2n) is 11.9. The van der Waals surface area contributed by atoms with Crippen molar-refractivity contribution in [3.8, 4) is 0 Å². The van der Waals surface area contributed by atoms with Crippen LogP contribution in [-0.2, 0) is 41.7 Å². The molecule has 3 amide bonds. The third-order valence-corrected chi connectivity index (χ3v) is 8.74. The predicted octanol–water partition coefficient (Wildman–Crippen LogP) is 5.17. The number of hydrogen-bond donors (Lipinski definition) is 3. The Labute approximate surface area is 264 Å². The Kier molecular flexibility index (Phi) is 11.2. The Morgan fingerprint density at radius 1 is 0.933 bits per heavy atom. The maximum absolute atomic E-state index is 14.0. The molecule has 0 saturated heterocycles. The number of rotatable bonds is 14. The van der Waals surface area contributed by atoms with E-state index >= 15 is 0 Å². The highest BCUT2D eigenvalue weighted by Gasteiger charge is 2.38. The van der Waals surface area contributed by atoms with Gasteiger partial charge >= 0.3 is 5.97 Å². The normalized spacial score (nSPS) is 17.1. The van der Waals surface area contributed by atoms with Crippen molar-refractivity contribution in [2.75, 3.05) is 6.61 Å². The largest absolute Gasteiger partial charge is 0.461 e. The first-order chi connectivity index (χ1) is 21.9. The minimum atomic E-state index is -0.972. The number of esters is 1. The molecule has 5 rings (SSSR count). The maximum Gasteiger partial charge on any atom is 0.333 e. The van der Waals surface area contributed by atoms with Crippen LogP contribution in [0.3, 0.4) is 0 Å². The number of hydrogen-bond acceptors (Lipinski definition) is 6. The van der Waals surface area contributed by atoms with Crippen LogP contribution in [0.25, 0.3) is 10.9 Å². The van der Waals surface area contributed by atoms with Crippen molar-refractivity contribution in [3.05, 3.63) is 71.4 Å². The lowest BCUT2D eigenvalue weighted by atomic mass is 9.96. The van der Waals surface area contributed by atoms with E-state index in [1.54, 1.807) is 24.0 Å². The van der Waals surface area contributed by atoms with Crippen molar-refractivity contribution >= 4 is 34.6 Å². The lowest BCUT2D eigenvalue weighted by Gasteiger charge is -2.36. The summed E-state index contributed by atoms with van der Waals surface area (Å²) in [4.78, 5) is 63.0. The van der Waals surface area contributed by atoms with E-state index in [1.165, 1.54) is 0 Å². The van der Waals surface area contributed by atoms with Crippen LogP contribution in [0, 0.1) is 0 Å². The van der Waals surface area contributed by atoms with Crippen LogP contribution in [0.15, 0.2) is 54.6 Å². The third kappa shape index (κ3) is 8.30. The molecule has 2 aliphatic rings. The molecule has 1 aromatic heterocycles. The van der Waals surface area contributed by atoms with Gasteiger partial charge in [-0.05, 0) is 57.1 Å². The van der Waals surface area contributed by atoms with E-state index in [-0.39, 0.29) is 23.8 Å². The highest BCUT2D eigenvalue weighted by atomic mass is 16.6. The molecule has 2 heterocycles. The van der Waals surface area contributed by atoms with Gasteiger partial charge in [-0.1, -0.05) is 61.4 Å². The van der Waals surface area contributed by atoms with Gasteiger partial charge in [0.1, 0.15) is 12.1 Å². The molecule has 1 fully saturated rings. The Hall–Kier alpha value is -4.18. The number of aromatic nitrogens is 1. The number of carbonyl (C=O) groups excluding carboxylic acids is 4. The van der Waals surface area contributed by atoms with E-state index in [0.29, 0.717) is 50.8 Å². The Morgan fingerprint density at radius 3 is 2.40 bits per heavy atom. The van der Waals surface area contributed by atoms with Crippen LogP contribution in [-0.4, -0.2) is 52.3 Å². The van der Waals surface area contributed by atoms with Gasteiger partial charge in [0.05, 0.1) is 6.61 Å². The Bertz CT molecular complexity index is 1470. The number of nitrogens with one attached hydrogen (secondary N) is 3. The molecule has 0 spiro atoms. The second-order valence-corrected chi connectivity index (χ2v) is 11.9.